The van der Waals surface area contributed by atoms with Crippen LogP contribution in [0.15, 0.2) is 18.2 Å². The third-order valence-electron chi connectivity index (χ3n) is 1.52. The highest BCUT2D eigenvalue weighted by atomic mass is 16.3. The minimum Gasteiger partial charge on any atom is -0.507 e. The number of phenolic OH excluding ortho intramolecular Hbond substituents is 1. The average molecular weight is 161 g/mol. The highest BCUT2D eigenvalue weighted by Gasteiger charge is 2.03. The summed E-state index contributed by atoms with van der Waals surface area (Å²) < 4.78 is 0. The number of Topliss-reactive ketones (excluding diaryl/α,β-unsaturated/α-hetero) is 1. The Morgan fingerprint density at radius 2 is 2.25 bits per heavy atom. The summed E-state index contributed by atoms with van der Waals surface area (Å²) in [6.45, 7) is 1.40. The van der Waals surface area contributed by atoms with Crippen molar-refractivity contribution in [2.24, 2.45) is 0 Å². The van der Waals surface area contributed by atoms with Crippen LogP contribution in [0.2, 0.25) is 0 Å². The molecule has 0 aromatic heterocycles. The summed E-state index contributed by atoms with van der Waals surface area (Å²) in [5, 5.41) is 17.6. The van der Waals surface area contributed by atoms with E-state index in [0.717, 1.165) is 0 Å². The molecule has 0 atom stereocenters. The maximum atomic E-state index is 10.8. The number of benzene rings is 1. The summed E-state index contributed by atoms with van der Waals surface area (Å²) in [5.41, 5.74) is 0.589. The summed E-state index contributed by atoms with van der Waals surface area (Å²) in [4.78, 5) is 10.8. The van der Waals surface area contributed by atoms with Crippen LogP contribution in [-0.2, 0) is 0 Å². The lowest BCUT2D eigenvalue weighted by Crippen LogP contribution is -1.91. The van der Waals surface area contributed by atoms with Crippen LogP contribution in [0.1, 0.15) is 22.8 Å². The standard InChI is InChI=1S/C9H7NO2/c1-6(11)7-2-3-8(5-10)9(12)4-7/h2-4,12H,1H3. The molecule has 1 aromatic rings. The molecule has 60 valence electrons. The first-order valence-electron chi connectivity index (χ1n) is 3.39. The van der Waals surface area contributed by atoms with Crippen LogP contribution >= 0.6 is 0 Å². The Morgan fingerprint density at radius 3 is 2.67 bits per heavy atom. The fourth-order valence-electron chi connectivity index (χ4n) is 0.845. The molecule has 0 aliphatic carbocycles. The lowest BCUT2D eigenvalue weighted by Gasteiger charge is -1.97. The van der Waals surface area contributed by atoms with E-state index in [2.05, 4.69) is 0 Å². The Labute approximate surface area is 69.9 Å². The number of hydrogen-bond donors (Lipinski definition) is 1. The zero-order valence-corrected chi connectivity index (χ0v) is 6.53. The molecule has 0 heterocycles. The summed E-state index contributed by atoms with van der Waals surface area (Å²) in [6, 6.07) is 6.03. The van der Waals surface area contributed by atoms with Gasteiger partial charge in [-0.3, -0.25) is 4.79 Å². The Morgan fingerprint density at radius 1 is 1.58 bits per heavy atom. The molecule has 0 fully saturated rings. The van der Waals surface area contributed by atoms with Gasteiger partial charge < -0.3 is 5.11 Å². The molecule has 1 rings (SSSR count). The Hall–Kier alpha value is -1.82. The predicted octanol–water partition coefficient (Wildman–Crippen LogP) is 1.47. The minimum atomic E-state index is -0.148. The third-order valence-corrected chi connectivity index (χ3v) is 1.52. The van der Waals surface area contributed by atoms with Gasteiger partial charge in [-0.2, -0.15) is 5.26 Å². The molecular formula is C9H7NO2. The van der Waals surface area contributed by atoms with Crippen molar-refractivity contribution in [2.75, 3.05) is 0 Å². The molecule has 1 N–H and O–H groups in total. The van der Waals surface area contributed by atoms with Gasteiger partial charge in [-0.25, -0.2) is 0 Å². The number of nitriles is 1. The second-order valence-electron chi connectivity index (χ2n) is 2.40. The van der Waals surface area contributed by atoms with Crippen molar-refractivity contribution in [1.29, 1.82) is 5.26 Å². The molecule has 0 saturated heterocycles. The van der Waals surface area contributed by atoms with E-state index in [4.69, 9.17) is 10.4 Å². The monoisotopic (exact) mass is 161 g/mol. The third kappa shape index (κ3) is 1.43. The van der Waals surface area contributed by atoms with Crippen molar-refractivity contribution in [2.45, 2.75) is 6.92 Å². The molecule has 0 aliphatic heterocycles. The second-order valence-corrected chi connectivity index (χ2v) is 2.40. The molecule has 0 radical (unpaired) electrons. The minimum absolute atomic E-state index is 0.130. The van der Waals surface area contributed by atoms with Gasteiger partial charge >= 0.3 is 0 Å². The lowest BCUT2D eigenvalue weighted by molar-refractivity contribution is 0.101. The number of carbonyl (C=O) groups excluding carboxylic acids is 1. The van der Waals surface area contributed by atoms with Gasteiger partial charge in [0.05, 0.1) is 5.56 Å². The van der Waals surface area contributed by atoms with Gasteiger partial charge in [-0.05, 0) is 25.1 Å². The van der Waals surface area contributed by atoms with Gasteiger partial charge in [0.1, 0.15) is 11.8 Å². The van der Waals surface area contributed by atoms with E-state index < -0.39 is 0 Å². The highest BCUT2D eigenvalue weighted by Crippen LogP contribution is 2.17. The average Bonchev–Trinajstić information content (AvgIpc) is 2.04. The number of phenols is 1. The topological polar surface area (TPSA) is 61.1 Å². The number of aromatic hydroxyl groups is 1. The number of carbonyl (C=O) groups is 1. The normalized spacial score (nSPS) is 9.00. The van der Waals surface area contributed by atoms with E-state index in [1.54, 1.807) is 6.07 Å². The summed E-state index contributed by atoms with van der Waals surface area (Å²) >= 11 is 0. The van der Waals surface area contributed by atoms with Crippen LogP contribution in [0.5, 0.6) is 5.75 Å². The molecule has 12 heavy (non-hydrogen) atoms. The Bertz CT molecular complexity index is 363. The zero-order valence-electron chi connectivity index (χ0n) is 6.53. The van der Waals surface area contributed by atoms with Gasteiger partial charge in [0, 0.05) is 5.56 Å². The Kier molecular flexibility index (Phi) is 2.11. The van der Waals surface area contributed by atoms with Crippen LogP contribution in [0.25, 0.3) is 0 Å². The van der Waals surface area contributed by atoms with E-state index in [0.29, 0.717) is 5.56 Å². The van der Waals surface area contributed by atoms with Crippen molar-refractivity contribution < 1.29 is 9.90 Å². The molecule has 0 saturated carbocycles. The van der Waals surface area contributed by atoms with Crippen LogP contribution in [-0.4, -0.2) is 10.9 Å². The van der Waals surface area contributed by atoms with Gasteiger partial charge in [0.15, 0.2) is 5.78 Å². The zero-order chi connectivity index (χ0) is 9.14. The van der Waals surface area contributed by atoms with E-state index in [1.165, 1.54) is 25.1 Å². The molecule has 0 unspecified atom stereocenters. The lowest BCUT2D eigenvalue weighted by atomic mass is 10.1. The van der Waals surface area contributed by atoms with Crippen LogP contribution in [0, 0.1) is 11.3 Å². The van der Waals surface area contributed by atoms with Gasteiger partial charge in [0.2, 0.25) is 0 Å². The van der Waals surface area contributed by atoms with E-state index in [9.17, 15) is 4.79 Å². The predicted molar refractivity (Wildman–Crippen MR) is 42.8 cm³/mol. The molecule has 0 amide bonds. The molecule has 0 bridgehead atoms. The van der Waals surface area contributed by atoms with E-state index in [-0.39, 0.29) is 17.1 Å². The SMILES string of the molecule is CC(=O)c1ccc(C#N)c(O)c1. The maximum absolute atomic E-state index is 10.8. The maximum Gasteiger partial charge on any atom is 0.159 e. The first kappa shape index (κ1) is 8.28. The number of ketones is 1. The highest BCUT2D eigenvalue weighted by molar-refractivity contribution is 5.94. The molecule has 1 aromatic carbocycles. The summed E-state index contributed by atoms with van der Waals surface area (Å²) in [7, 11) is 0. The molecule has 0 spiro atoms. The van der Waals surface area contributed by atoms with Crippen molar-refractivity contribution in [3.8, 4) is 11.8 Å². The van der Waals surface area contributed by atoms with Crippen molar-refractivity contribution in [3.63, 3.8) is 0 Å². The van der Waals surface area contributed by atoms with E-state index >= 15 is 0 Å². The number of rotatable bonds is 1. The number of hydrogen-bond acceptors (Lipinski definition) is 3. The number of nitrogens with zero attached hydrogens (tertiary/aromatic N) is 1. The largest absolute Gasteiger partial charge is 0.507 e. The summed E-state index contributed by atoms with van der Waals surface area (Å²) in [6.07, 6.45) is 0. The molecule has 0 aliphatic rings. The Balaban J connectivity index is 3.21. The van der Waals surface area contributed by atoms with Crippen LogP contribution < -0.4 is 0 Å². The molecule has 3 heteroatoms. The van der Waals surface area contributed by atoms with Crippen molar-refractivity contribution >= 4 is 5.78 Å². The fourth-order valence-corrected chi connectivity index (χ4v) is 0.845. The molecular weight excluding hydrogens is 154 g/mol. The van der Waals surface area contributed by atoms with Crippen LogP contribution in [0.3, 0.4) is 0 Å². The first-order chi connectivity index (χ1) is 5.65. The second kappa shape index (κ2) is 3.05. The van der Waals surface area contributed by atoms with Gasteiger partial charge in [-0.1, -0.05) is 0 Å². The van der Waals surface area contributed by atoms with Gasteiger partial charge in [0.25, 0.3) is 0 Å². The summed E-state index contributed by atoms with van der Waals surface area (Å²) in [5.74, 6) is -0.278. The van der Waals surface area contributed by atoms with Gasteiger partial charge in [-0.15, -0.1) is 0 Å². The van der Waals surface area contributed by atoms with Crippen molar-refractivity contribution in [3.05, 3.63) is 29.3 Å². The quantitative estimate of drug-likeness (QED) is 0.634. The smallest absolute Gasteiger partial charge is 0.159 e. The molecule has 3 nitrogen and oxygen atoms in total. The first-order valence-corrected chi connectivity index (χ1v) is 3.39. The fraction of sp³-hybridized carbons (Fsp3) is 0.111. The van der Waals surface area contributed by atoms with Crippen molar-refractivity contribution in [1.82, 2.24) is 0 Å². The van der Waals surface area contributed by atoms with E-state index in [1.807, 2.05) is 0 Å². The van der Waals surface area contributed by atoms with Crippen LogP contribution in [0.4, 0.5) is 0 Å².